The van der Waals surface area contributed by atoms with Crippen LogP contribution in [-0.4, -0.2) is 74.8 Å². The number of benzene rings is 3. The number of aliphatic hydroxyl groups excluding tert-OH is 4. The van der Waals surface area contributed by atoms with Crippen LogP contribution < -0.4 is 10.1 Å². The van der Waals surface area contributed by atoms with E-state index in [1.807, 2.05) is 42.5 Å². The molecule has 206 valence electrons. The number of hydrogen-bond donors (Lipinski definition) is 5. The minimum absolute atomic E-state index is 0.00576. The molecular formula is C29H31FN2O7. The highest BCUT2D eigenvalue weighted by molar-refractivity contribution is 6.07. The van der Waals surface area contributed by atoms with E-state index in [-0.39, 0.29) is 17.7 Å². The summed E-state index contributed by atoms with van der Waals surface area (Å²) in [6.45, 7) is 1.34. The zero-order valence-corrected chi connectivity index (χ0v) is 21.5. The van der Waals surface area contributed by atoms with Crippen molar-refractivity contribution in [3.63, 3.8) is 0 Å². The Morgan fingerprint density at radius 2 is 1.87 bits per heavy atom. The average molecular weight is 539 g/mol. The lowest BCUT2D eigenvalue weighted by atomic mass is 9.81. The van der Waals surface area contributed by atoms with Crippen molar-refractivity contribution in [3.8, 4) is 5.75 Å². The van der Waals surface area contributed by atoms with E-state index >= 15 is 0 Å². The van der Waals surface area contributed by atoms with Crippen LogP contribution in [0.1, 0.15) is 29.3 Å². The fraction of sp³-hybridized carbons (Fsp3) is 0.345. The Labute approximate surface area is 224 Å². The third-order valence-corrected chi connectivity index (χ3v) is 7.65. The summed E-state index contributed by atoms with van der Waals surface area (Å²) in [4.78, 5) is 13.7. The zero-order valence-electron chi connectivity index (χ0n) is 21.5. The van der Waals surface area contributed by atoms with Crippen molar-refractivity contribution < 1.29 is 39.1 Å². The first-order valence-electron chi connectivity index (χ1n) is 12.7. The molecule has 9 nitrogen and oxygen atoms in total. The van der Waals surface area contributed by atoms with Gasteiger partial charge in [0.25, 0.3) is 5.91 Å². The number of halogens is 1. The number of hydrogen-bond acceptors (Lipinski definition) is 7. The van der Waals surface area contributed by atoms with E-state index in [1.54, 1.807) is 17.7 Å². The molecule has 39 heavy (non-hydrogen) atoms. The first-order chi connectivity index (χ1) is 18.7. The minimum Gasteiger partial charge on any atom is -0.494 e. The number of carbonyl (C=O) groups excluding carboxylic acids is 1. The van der Waals surface area contributed by atoms with Gasteiger partial charge in [-0.1, -0.05) is 43.3 Å². The highest BCUT2D eigenvalue weighted by Crippen LogP contribution is 2.34. The maximum Gasteiger partial charge on any atom is 0.254 e. The first-order valence-corrected chi connectivity index (χ1v) is 12.7. The second-order valence-electron chi connectivity index (χ2n) is 9.85. The number of rotatable bonds is 7. The average Bonchev–Trinajstić information content (AvgIpc) is 3.29. The monoisotopic (exact) mass is 538 g/mol. The number of fused-ring (bicyclic) bond motifs is 2. The summed E-state index contributed by atoms with van der Waals surface area (Å²) in [5, 5.41) is 46.5. The molecule has 1 aliphatic rings. The number of ether oxygens (including phenoxy) is 2. The molecule has 5 atom stereocenters. The van der Waals surface area contributed by atoms with Gasteiger partial charge < -0.3 is 39.8 Å². The van der Waals surface area contributed by atoms with E-state index in [2.05, 4.69) is 5.32 Å². The molecule has 10 heteroatoms. The predicted molar refractivity (Wildman–Crippen MR) is 142 cm³/mol. The second-order valence-corrected chi connectivity index (χ2v) is 9.85. The molecule has 1 fully saturated rings. The molecule has 0 saturated carbocycles. The Bertz CT molecular complexity index is 1520. The smallest absolute Gasteiger partial charge is 0.254 e. The molecule has 0 aliphatic carbocycles. The number of carbonyl (C=O) groups is 1. The number of amides is 1. The van der Waals surface area contributed by atoms with E-state index < -0.39 is 48.5 Å². The van der Waals surface area contributed by atoms with Crippen LogP contribution in [0.2, 0.25) is 0 Å². The van der Waals surface area contributed by atoms with Crippen molar-refractivity contribution in [3.05, 3.63) is 77.7 Å². The third kappa shape index (κ3) is 4.64. The van der Waals surface area contributed by atoms with Crippen molar-refractivity contribution in [1.29, 1.82) is 0 Å². The van der Waals surface area contributed by atoms with Crippen molar-refractivity contribution in [2.75, 3.05) is 13.7 Å². The standard InChI is InChI=1S/C29H31FN2O7/c1-3-29(26(35)25(34)24(15-33)39-28(29)37)31-27(36)20-14-32(22-12-23(38-2)21(30)11-19(20)22)13-16-8-9-17-6-4-5-7-18(17)10-16/h4-12,14,24-26,28,33-35,37H,3,13,15H2,1-2H3,(H,31,36)/t24-,25-,26+,28?,29-/m1/s1. The lowest BCUT2D eigenvalue weighted by molar-refractivity contribution is -0.283. The fourth-order valence-electron chi connectivity index (χ4n) is 5.35. The topological polar surface area (TPSA) is 133 Å². The molecule has 1 aromatic heterocycles. The Hall–Kier alpha value is -3.54. The Morgan fingerprint density at radius 3 is 2.56 bits per heavy atom. The first kappa shape index (κ1) is 27.0. The number of nitrogens with zero attached hydrogens (tertiary/aromatic N) is 1. The Kier molecular flexibility index (Phi) is 7.32. The normalized spacial score (nSPS) is 25.2. The van der Waals surface area contributed by atoms with Gasteiger partial charge in [0.2, 0.25) is 0 Å². The van der Waals surface area contributed by atoms with Gasteiger partial charge >= 0.3 is 0 Å². The summed E-state index contributed by atoms with van der Waals surface area (Å²) in [7, 11) is 1.36. The van der Waals surface area contributed by atoms with E-state index in [1.165, 1.54) is 19.2 Å². The number of methoxy groups -OCH3 is 1. The molecule has 1 saturated heterocycles. The summed E-state index contributed by atoms with van der Waals surface area (Å²) < 4.78 is 27.1. The van der Waals surface area contributed by atoms with Gasteiger partial charge in [0.15, 0.2) is 17.9 Å². The van der Waals surface area contributed by atoms with E-state index in [0.29, 0.717) is 17.4 Å². The van der Waals surface area contributed by atoms with Crippen LogP contribution in [0.3, 0.4) is 0 Å². The van der Waals surface area contributed by atoms with Crippen molar-refractivity contribution in [2.45, 2.75) is 50.0 Å². The van der Waals surface area contributed by atoms with Gasteiger partial charge in [0.05, 0.1) is 24.8 Å². The van der Waals surface area contributed by atoms with Crippen LogP contribution in [0.4, 0.5) is 4.39 Å². The summed E-state index contributed by atoms with van der Waals surface area (Å²) in [5.41, 5.74) is -0.188. The highest BCUT2D eigenvalue weighted by atomic mass is 19.1. The van der Waals surface area contributed by atoms with Crippen LogP contribution in [-0.2, 0) is 11.3 Å². The summed E-state index contributed by atoms with van der Waals surface area (Å²) in [6, 6.07) is 16.7. The number of nitrogens with one attached hydrogen (secondary N) is 1. The highest BCUT2D eigenvalue weighted by Gasteiger charge is 2.55. The molecule has 1 aliphatic heterocycles. The molecule has 5 rings (SSSR count). The SMILES string of the molecule is CC[C@]1(NC(=O)c2cn(Cc3ccc4ccccc4c3)c3cc(OC)c(F)cc23)C(O)O[C@H](CO)[C@@H](O)[C@@H]1O. The molecular weight excluding hydrogens is 507 g/mol. The van der Waals surface area contributed by atoms with Crippen LogP contribution >= 0.6 is 0 Å². The zero-order chi connectivity index (χ0) is 27.9. The number of aromatic nitrogens is 1. The molecule has 2 heterocycles. The van der Waals surface area contributed by atoms with Crippen molar-refractivity contribution >= 4 is 27.6 Å². The molecule has 1 unspecified atom stereocenters. The van der Waals surface area contributed by atoms with Crippen molar-refractivity contribution in [2.24, 2.45) is 0 Å². The van der Waals surface area contributed by atoms with Gasteiger partial charge in [-0.25, -0.2) is 4.39 Å². The molecule has 4 aromatic rings. The Balaban J connectivity index is 1.55. The predicted octanol–water partition coefficient (Wildman–Crippen LogP) is 2.30. The van der Waals surface area contributed by atoms with Gasteiger partial charge in [-0.05, 0) is 34.9 Å². The minimum atomic E-state index is -1.78. The summed E-state index contributed by atoms with van der Waals surface area (Å²) in [6.07, 6.45) is -4.58. The molecule has 3 aromatic carbocycles. The second kappa shape index (κ2) is 10.6. The largest absolute Gasteiger partial charge is 0.494 e. The quantitative estimate of drug-likeness (QED) is 0.244. The summed E-state index contributed by atoms with van der Waals surface area (Å²) in [5.74, 6) is -1.35. The van der Waals surface area contributed by atoms with Gasteiger partial charge in [0, 0.05) is 24.2 Å². The van der Waals surface area contributed by atoms with Crippen LogP contribution in [0, 0.1) is 5.82 Å². The van der Waals surface area contributed by atoms with Crippen LogP contribution in [0.25, 0.3) is 21.7 Å². The van der Waals surface area contributed by atoms with Gasteiger partial charge in [-0.2, -0.15) is 0 Å². The van der Waals surface area contributed by atoms with E-state index in [4.69, 9.17) is 9.47 Å². The lowest BCUT2D eigenvalue weighted by Crippen LogP contribution is -2.73. The molecule has 0 spiro atoms. The van der Waals surface area contributed by atoms with Crippen LogP contribution in [0.15, 0.2) is 60.8 Å². The third-order valence-electron chi connectivity index (χ3n) is 7.65. The maximum absolute atomic E-state index is 14.8. The van der Waals surface area contributed by atoms with Crippen molar-refractivity contribution in [1.82, 2.24) is 9.88 Å². The number of aliphatic hydroxyl groups is 4. The maximum atomic E-state index is 14.8. The van der Waals surface area contributed by atoms with E-state index in [9.17, 15) is 29.6 Å². The Morgan fingerprint density at radius 1 is 1.13 bits per heavy atom. The van der Waals surface area contributed by atoms with Gasteiger partial charge in [-0.15, -0.1) is 0 Å². The van der Waals surface area contributed by atoms with Gasteiger partial charge in [-0.3, -0.25) is 4.79 Å². The molecule has 5 N–H and O–H groups in total. The lowest BCUT2D eigenvalue weighted by Gasteiger charge is -2.49. The molecule has 0 radical (unpaired) electrons. The van der Waals surface area contributed by atoms with Crippen LogP contribution in [0.5, 0.6) is 5.75 Å². The van der Waals surface area contributed by atoms with E-state index in [0.717, 1.165) is 16.3 Å². The molecule has 1 amide bonds. The summed E-state index contributed by atoms with van der Waals surface area (Å²) >= 11 is 0. The molecule has 0 bridgehead atoms. The fourth-order valence-corrected chi connectivity index (χ4v) is 5.35. The van der Waals surface area contributed by atoms with Gasteiger partial charge in [0.1, 0.15) is 23.9 Å².